The van der Waals surface area contributed by atoms with Gasteiger partial charge in [-0.25, -0.2) is 0 Å². The molecule has 2 N–H and O–H groups in total. The van der Waals surface area contributed by atoms with Crippen molar-refractivity contribution in [3.8, 4) is 0 Å². The molecule has 0 spiro atoms. The van der Waals surface area contributed by atoms with Gasteiger partial charge in [0.15, 0.2) is 0 Å². The summed E-state index contributed by atoms with van der Waals surface area (Å²) in [7, 11) is 0. The summed E-state index contributed by atoms with van der Waals surface area (Å²) >= 11 is 0. The molecule has 1 aromatic carbocycles. The number of carboxylic acids is 1. The van der Waals surface area contributed by atoms with Crippen molar-refractivity contribution >= 4 is 5.97 Å². The summed E-state index contributed by atoms with van der Waals surface area (Å²) in [6.07, 6.45) is 0. The maximum Gasteiger partial charge on any atom is 0.311 e. The van der Waals surface area contributed by atoms with Crippen LogP contribution < -0.4 is 0 Å². The number of benzene rings is 1. The van der Waals surface area contributed by atoms with Gasteiger partial charge in [-0.15, -0.1) is 0 Å². The minimum Gasteiger partial charge on any atom is -0.481 e. The maximum absolute atomic E-state index is 11.0. The molecule has 0 aliphatic rings. The van der Waals surface area contributed by atoms with Crippen molar-refractivity contribution in [2.24, 2.45) is 5.92 Å². The number of aliphatic hydroxyl groups is 1. The summed E-state index contributed by atoms with van der Waals surface area (Å²) in [5, 5.41) is 17.9. The highest BCUT2D eigenvalue weighted by atomic mass is 16.4. The summed E-state index contributed by atoms with van der Waals surface area (Å²) < 4.78 is 0. The molecule has 0 amide bonds. The van der Waals surface area contributed by atoms with Crippen LogP contribution in [0, 0.1) is 5.92 Å². The van der Waals surface area contributed by atoms with E-state index in [-0.39, 0.29) is 12.5 Å². The van der Waals surface area contributed by atoms with Gasteiger partial charge in [0.2, 0.25) is 0 Å². The SMILES string of the molecule is CC(C)C(C(=O)O)c1ccc(CO)cc1. The lowest BCUT2D eigenvalue weighted by Gasteiger charge is -2.16. The van der Waals surface area contributed by atoms with Crippen molar-refractivity contribution in [2.75, 3.05) is 0 Å². The number of carbonyl (C=O) groups is 1. The number of hydrogen-bond acceptors (Lipinski definition) is 2. The molecular formula is C12H16O3. The van der Waals surface area contributed by atoms with Crippen LogP contribution in [0.1, 0.15) is 30.9 Å². The molecule has 0 fully saturated rings. The average Bonchev–Trinajstić information content (AvgIpc) is 2.18. The van der Waals surface area contributed by atoms with Gasteiger partial charge in [-0.1, -0.05) is 38.1 Å². The predicted molar refractivity (Wildman–Crippen MR) is 57.6 cm³/mol. The van der Waals surface area contributed by atoms with Crippen LogP contribution in [-0.2, 0) is 11.4 Å². The number of hydrogen-bond donors (Lipinski definition) is 2. The fourth-order valence-electron chi connectivity index (χ4n) is 1.64. The summed E-state index contributed by atoms with van der Waals surface area (Å²) in [6.45, 7) is 3.76. The van der Waals surface area contributed by atoms with Gasteiger partial charge in [-0.3, -0.25) is 4.79 Å². The Labute approximate surface area is 89.4 Å². The number of aliphatic hydroxyl groups excluding tert-OH is 1. The molecule has 1 aromatic rings. The molecule has 1 unspecified atom stereocenters. The maximum atomic E-state index is 11.0. The molecule has 0 radical (unpaired) electrons. The Bertz CT molecular complexity index is 327. The summed E-state index contributed by atoms with van der Waals surface area (Å²) in [6, 6.07) is 7.05. The molecule has 1 rings (SSSR count). The zero-order valence-electron chi connectivity index (χ0n) is 8.97. The third kappa shape index (κ3) is 2.80. The van der Waals surface area contributed by atoms with Crippen molar-refractivity contribution in [1.82, 2.24) is 0 Å². The van der Waals surface area contributed by atoms with Crippen molar-refractivity contribution in [2.45, 2.75) is 26.4 Å². The van der Waals surface area contributed by atoms with Gasteiger partial charge in [-0.05, 0) is 17.0 Å². The van der Waals surface area contributed by atoms with Crippen molar-refractivity contribution in [3.63, 3.8) is 0 Å². The van der Waals surface area contributed by atoms with Gasteiger partial charge in [0.25, 0.3) is 0 Å². The number of carboxylic acid groups (broad SMARTS) is 1. The Hall–Kier alpha value is -1.35. The standard InChI is InChI=1S/C12H16O3/c1-8(2)11(12(14)15)10-5-3-9(7-13)4-6-10/h3-6,8,11,13H,7H2,1-2H3,(H,14,15). The zero-order valence-corrected chi connectivity index (χ0v) is 8.97. The molecule has 0 heterocycles. The van der Waals surface area contributed by atoms with Crippen LogP contribution in [0.3, 0.4) is 0 Å². The van der Waals surface area contributed by atoms with E-state index in [0.29, 0.717) is 0 Å². The molecule has 3 nitrogen and oxygen atoms in total. The molecule has 82 valence electrons. The van der Waals surface area contributed by atoms with Crippen LogP contribution in [0.25, 0.3) is 0 Å². The highest BCUT2D eigenvalue weighted by Gasteiger charge is 2.23. The van der Waals surface area contributed by atoms with E-state index in [1.165, 1.54) is 0 Å². The van der Waals surface area contributed by atoms with Crippen LogP contribution in [-0.4, -0.2) is 16.2 Å². The van der Waals surface area contributed by atoms with Crippen molar-refractivity contribution < 1.29 is 15.0 Å². The van der Waals surface area contributed by atoms with Crippen molar-refractivity contribution in [1.29, 1.82) is 0 Å². The molecule has 1 atom stereocenters. The normalized spacial score (nSPS) is 12.8. The summed E-state index contributed by atoms with van der Waals surface area (Å²) in [4.78, 5) is 11.0. The lowest BCUT2D eigenvalue weighted by molar-refractivity contribution is -0.139. The molecule has 3 heteroatoms. The van der Waals surface area contributed by atoms with E-state index in [1.54, 1.807) is 24.3 Å². The fraction of sp³-hybridized carbons (Fsp3) is 0.417. The van der Waals surface area contributed by atoms with Crippen molar-refractivity contribution in [3.05, 3.63) is 35.4 Å². The first-order valence-corrected chi connectivity index (χ1v) is 4.98. The third-order valence-corrected chi connectivity index (χ3v) is 2.45. The Morgan fingerprint density at radius 1 is 1.27 bits per heavy atom. The van der Waals surface area contributed by atoms with Crippen LogP contribution in [0.5, 0.6) is 0 Å². The summed E-state index contributed by atoms with van der Waals surface area (Å²) in [5.74, 6) is -1.22. The lowest BCUT2D eigenvalue weighted by atomic mass is 9.88. The molecule has 0 aliphatic carbocycles. The van der Waals surface area contributed by atoms with E-state index in [0.717, 1.165) is 11.1 Å². The van der Waals surface area contributed by atoms with Crippen LogP contribution >= 0.6 is 0 Å². The quantitative estimate of drug-likeness (QED) is 0.795. The van der Waals surface area contributed by atoms with E-state index in [4.69, 9.17) is 10.2 Å². The average molecular weight is 208 g/mol. The minimum absolute atomic E-state index is 0.0142. The van der Waals surface area contributed by atoms with E-state index in [2.05, 4.69) is 0 Å². The molecule has 0 saturated carbocycles. The summed E-state index contributed by atoms with van der Waals surface area (Å²) in [5.41, 5.74) is 1.58. The molecule has 0 aromatic heterocycles. The monoisotopic (exact) mass is 208 g/mol. The lowest BCUT2D eigenvalue weighted by Crippen LogP contribution is -2.17. The largest absolute Gasteiger partial charge is 0.481 e. The Balaban J connectivity index is 2.97. The number of rotatable bonds is 4. The van der Waals surface area contributed by atoms with Gasteiger partial charge < -0.3 is 10.2 Å². The van der Waals surface area contributed by atoms with Crippen LogP contribution in [0.2, 0.25) is 0 Å². The zero-order chi connectivity index (χ0) is 11.4. The fourth-order valence-corrected chi connectivity index (χ4v) is 1.64. The molecule has 0 bridgehead atoms. The van der Waals surface area contributed by atoms with Crippen LogP contribution in [0.4, 0.5) is 0 Å². The Morgan fingerprint density at radius 3 is 2.13 bits per heavy atom. The Kier molecular flexibility index (Phi) is 3.86. The van der Waals surface area contributed by atoms with E-state index < -0.39 is 11.9 Å². The second-order valence-electron chi connectivity index (χ2n) is 3.96. The Morgan fingerprint density at radius 2 is 1.80 bits per heavy atom. The highest BCUT2D eigenvalue weighted by Crippen LogP contribution is 2.24. The van der Waals surface area contributed by atoms with Gasteiger partial charge in [0.1, 0.15) is 0 Å². The van der Waals surface area contributed by atoms with Gasteiger partial charge >= 0.3 is 5.97 Å². The second kappa shape index (κ2) is 4.94. The topological polar surface area (TPSA) is 57.5 Å². The van der Waals surface area contributed by atoms with E-state index >= 15 is 0 Å². The molecule has 15 heavy (non-hydrogen) atoms. The van der Waals surface area contributed by atoms with Gasteiger partial charge in [0.05, 0.1) is 12.5 Å². The highest BCUT2D eigenvalue weighted by molar-refractivity contribution is 5.76. The second-order valence-corrected chi connectivity index (χ2v) is 3.96. The van der Waals surface area contributed by atoms with Crippen LogP contribution in [0.15, 0.2) is 24.3 Å². The first-order chi connectivity index (χ1) is 7.06. The third-order valence-electron chi connectivity index (χ3n) is 2.45. The minimum atomic E-state index is -0.804. The molecule has 0 aliphatic heterocycles. The van der Waals surface area contributed by atoms with Gasteiger partial charge in [-0.2, -0.15) is 0 Å². The van der Waals surface area contributed by atoms with E-state index in [9.17, 15) is 4.79 Å². The smallest absolute Gasteiger partial charge is 0.311 e. The van der Waals surface area contributed by atoms with E-state index in [1.807, 2.05) is 13.8 Å². The molecular weight excluding hydrogens is 192 g/mol. The first kappa shape index (κ1) is 11.7. The first-order valence-electron chi connectivity index (χ1n) is 4.98. The number of aliphatic carboxylic acids is 1. The molecule has 0 saturated heterocycles. The predicted octanol–water partition coefficient (Wildman–Crippen LogP) is 2.00. The van der Waals surface area contributed by atoms with Gasteiger partial charge in [0, 0.05) is 0 Å².